The van der Waals surface area contributed by atoms with Gasteiger partial charge in [0.25, 0.3) is 0 Å². The smallest absolute Gasteiger partial charge is 0.386 e. The molecule has 1 aromatic heterocycles. The Bertz CT molecular complexity index is 1340. The number of aliphatic carboxylic acids is 1. The first kappa shape index (κ1) is 31.6. The number of thioether (sulfide) groups is 2. The molecule has 40 heavy (non-hydrogen) atoms. The standard InChI is InChI=1S/C28H27NO3S3.C2H3F3/c1-20-16-23(13-14-25(20)32-17-28(30)31)34-19-26-24(18-33-22-10-6-3-7-11-22)29-27(35-26)15-12-21-8-4-2-5-9-21;1-2(3,4)5/h2-11,13-14,16H,12,15,17-19H2,1H3,(H,30,31);1H3. The minimum absolute atomic E-state index is 0.188. The maximum Gasteiger partial charge on any atom is 0.386 e. The number of halogens is 3. The number of hydrogen-bond acceptors (Lipinski definition) is 6. The Hall–Kier alpha value is -2.95. The van der Waals surface area contributed by atoms with Crippen LogP contribution in [-0.2, 0) is 29.1 Å². The van der Waals surface area contributed by atoms with Crippen molar-refractivity contribution in [1.29, 1.82) is 0 Å². The van der Waals surface area contributed by atoms with Crippen molar-refractivity contribution in [2.75, 3.05) is 6.61 Å². The zero-order valence-electron chi connectivity index (χ0n) is 22.1. The second-order valence-electron chi connectivity index (χ2n) is 8.74. The molecule has 3 aromatic carbocycles. The Morgan fingerprint density at radius 1 is 0.925 bits per heavy atom. The quantitative estimate of drug-likeness (QED) is 0.163. The van der Waals surface area contributed by atoms with Gasteiger partial charge in [-0.2, -0.15) is 13.2 Å². The normalized spacial score (nSPS) is 11.0. The molecule has 0 atom stereocenters. The number of benzene rings is 3. The first-order chi connectivity index (χ1) is 19.1. The van der Waals surface area contributed by atoms with E-state index in [9.17, 15) is 18.0 Å². The molecule has 4 nitrogen and oxygen atoms in total. The molecule has 0 aliphatic heterocycles. The monoisotopic (exact) mass is 605 g/mol. The highest BCUT2D eigenvalue weighted by Crippen LogP contribution is 2.34. The first-order valence-corrected chi connectivity index (χ1v) is 15.2. The topological polar surface area (TPSA) is 59.4 Å². The summed E-state index contributed by atoms with van der Waals surface area (Å²) in [4.78, 5) is 19.5. The van der Waals surface area contributed by atoms with Crippen LogP contribution in [0.3, 0.4) is 0 Å². The van der Waals surface area contributed by atoms with E-state index < -0.39 is 12.1 Å². The van der Waals surface area contributed by atoms with Gasteiger partial charge in [-0.3, -0.25) is 0 Å². The van der Waals surface area contributed by atoms with E-state index in [1.54, 1.807) is 11.8 Å². The highest BCUT2D eigenvalue weighted by molar-refractivity contribution is 7.99. The summed E-state index contributed by atoms with van der Waals surface area (Å²) < 4.78 is 36.4. The number of hydrogen-bond donors (Lipinski definition) is 1. The SMILES string of the molecule is CC(F)(F)F.Cc1cc(SCc2sc(CCc3ccccc3)nc2CSc2ccccc2)ccc1OCC(=O)O. The van der Waals surface area contributed by atoms with Gasteiger partial charge in [-0.15, -0.1) is 34.9 Å². The van der Waals surface area contributed by atoms with Gasteiger partial charge in [-0.05, 0) is 54.8 Å². The van der Waals surface area contributed by atoms with Crippen LogP contribution in [0.2, 0.25) is 0 Å². The van der Waals surface area contributed by atoms with Crippen LogP contribution in [0.4, 0.5) is 13.2 Å². The molecule has 212 valence electrons. The van der Waals surface area contributed by atoms with E-state index in [4.69, 9.17) is 14.8 Å². The van der Waals surface area contributed by atoms with E-state index in [-0.39, 0.29) is 13.5 Å². The number of ether oxygens (including phenoxy) is 1. The van der Waals surface area contributed by atoms with Crippen LogP contribution in [0.5, 0.6) is 5.75 Å². The third-order valence-corrected chi connectivity index (χ3v) is 8.66. The van der Waals surface area contributed by atoms with Crippen LogP contribution in [0.25, 0.3) is 0 Å². The number of rotatable bonds is 12. The minimum atomic E-state index is -4.00. The lowest BCUT2D eigenvalue weighted by Gasteiger charge is -2.09. The molecule has 0 fully saturated rings. The van der Waals surface area contributed by atoms with E-state index in [1.807, 2.05) is 54.3 Å². The molecule has 1 heterocycles. The highest BCUT2D eigenvalue weighted by Gasteiger charge is 2.16. The molecule has 4 rings (SSSR count). The summed E-state index contributed by atoms with van der Waals surface area (Å²) >= 11 is 5.41. The van der Waals surface area contributed by atoms with Crippen molar-refractivity contribution in [1.82, 2.24) is 4.98 Å². The molecule has 4 aromatic rings. The molecule has 0 aliphatic carbocycles. The summed E-state index contributed by atoms with van der Waals surface area (Å²) in [5.74, 6) is 1.33. The lowest BCUT2D eigenvalue weighted by Crippen LogP contribution is -2.09. The number of carboxylic acid groups (broad SMARTS) is 1. The van der Waals surface area contributed by atoms with E-state index in [2.05, 4.69) is 54.6 Å². The highest BCUT2D eigenvalue weighted by atomic mass is 32.2. The Balaban J connectivity index is 0.000000810. The predicted octanol–water partition coefficient (Wildman–Crippen LogP) is 8.85. The van der Waals surface area contributed by atoms with Gasteiger partial charge in [0.1, 0.15) is 5.75 Å². The predicted molar refractivity (Wildman–Crippen MR) is 158 cm³/mol. The van der Waals surface area contributed by atoms with Gasteiger partial charge >= 0.3 is 12.1 Å². The second-order valence-corrected chi connectivity index (χ2v) is 12.0. The number of aromatic nitrogens is 1. The van der Waals surface area contributed by atoms with Crippen molar-refractivity contribution in [3.63, 3.8) is 0 Å². The van der Waals surface area contributed by atoms with Crippen LogP contribution < -0.4 is 4.74 Å². The zero-order valence-corrected chi connectivity index (χ0v) is 24.6. The molecule has 0 radical (unpaired) electrons. The van der Waals surface area contributed by atoms with Gasteiger partial charge < -0.3 is 9.84 Å². The third-order valence-electron chi connectivity index (χ3n) is 5.28. The van der Waals surface area contributed by atoms with E-state index in [1.165, 1.54) is 20.3 Å². The van der Waals surface area contributed by atoms with Crippen molar-refractivity contribution in [2.24, 2.45) is 0 Å². The minimum Gasteiger partial charge on any atom is -0.482 e. The van der Waals surface area contributed by atoms with Crippen molar-refractivity contribution < 1.29 is 27.8 Å². The van der Waals surface area contributed by atoms with Crippen molar-refractivity contribution in [3.8, 4) is 5.75 Å². The van der Waals surface area contributed by atoms with Gasteiger partial charge in [-0.25, -0.2) is 9.78 Å². The number of thiazole rings is 1. The number of carboxylic acids is 1. The lowest BCUT2D eigenvalue weighted by atomic mass is 10.1. The van der Waals surface area contributed by atoms with Gasteiger partial charge in [0.2, 0.25) is 0 Å². The van der Waals surface area contributed by atoms with Gasteiger partial charge in [0, 0.05) is 39.5 Å². The fourth-order valence-corrected chi connectivity index (χ4v) is 6.66. The van der Waals surface area contributed by atoms with Crippen molar-refractivity contribution >= 4 is 40.8 Å². The summed E-state index contributed by atoms with van der Waals surface area (Å²) in [6.07, 6.45) is -2.07. The van der Waals surface area contributed by atoms with Crippen LogP contribution >= 0.6 is 34.9 Å². The number of alkyl halides is 3. The maximum absolute atomic E-state index is 10.8. The molecule has 0 saturated heterocycles. The summed E-state index contributed by atoms with van der Waals surface area (Å²) in [5.41, 5.74) is 3.43. The molecule has 0 saturated carbocycles. The van der Waals surface area contributed by atoms with Crippen LogP contribution in [0, 0.1) is 6.92 Å². The average Bonchev–Trinajstić information content (AvgIpc) is 3.31. The van der Waals surface area contributed by atoms with Gasteiger partial charge in [-0.1, -0.05) is 48.5 Å². The Kier molecular flexibility index (Phi) is 12.4. The Labute approximate surface area is 245 Å². The number of carbonyl (C=O) groups is 1. The molecule has 0 unspecified atom stereocenters. The van der Waals surface area contributed by atoms with E-state index in [0.29, 0.717) is 5.75 Å². The molecular formula is C30H30F3NO3S3. The molecular weight excluding hydrogens is 576 g/mol. The van der Waals surface area contributed by atoms with Crippen LogP contribution in [-0.4, -0.2) is 28.8 Å². The van der Waals surface area contributed by atoms with Gasteiger partial charge in [0.15, 0.2) is 6.61 Å². The number of aryl methyl sites for hydroxylation is 3. The van der Waals surface area contributed by atoms with Gasteiger partial charge in [0.05, 0.1) is 10.7 Å². The lowest BCUT2D eigenvalue weighted by molar-refractivity contribution is -0.139. The molecule has 10 heteroatoms. The fourth-order valence-electron chi connectivity index (χ4n) is 3.50. The first-order valence-electron chi connectivity index (χ1n) is 12.4. The summed E-state index contributed by atoms with van der Waals surface area (Å²) in [7, 11) is 0. The van der Waals surface area contributed by atoms with Crippen molar-refractivity contribution in [3.05, 3.63) is 106 Å². The fraction of sp³-hybridized carbons (Fsp3) is 0.267. The molecule has 0 spiro atoms. The Morgan fingerprint density at radius 3 is 2.17 bits per heavy atom. The maximum atomic E-state index is 10.8. The third kappa shape index (κ3) is 12.1. The largest absolute Gasteiger partial charge is 0.482 e. The molecule has 1 N–H and O–H groups in total. The van der Waals surface area contributed by atoms with Crippen LogP contribution in [0.15, 0.2) is 88.7 Å². The van der Waals surface area contributed by atoms with Crippen molar-refractivity contribution in [2.45, 2.75) is 54.2 Å². The summed E-state index contributed by atoms with van der Waals surface area (Å²) in [5, 5.41) is 10.0. The zero-order chi connectivity index (χ0) is 29.0. The van der Waals surface area contributed by atoms with Crippen LogP contribution in [0.1, 0.15) is 33.6 Å². The summed E-state index contributed by atoms with van der Waals surface area (Å²) in [6, 6.07) is 26.9. The van der Waals surface area contributed by atoms with E-state index >= 15 is 0 Å². The van der Waals surface area contributed by atoms with E-state index in [0.717, 1.165) is 40.5 Å². The molecule has 0 aliphatic rings. The average molecular weight is 606 g/mol. The number of nitrogens with zero attached hydrogens (tertiary/aromatic N) is 1. The second kappa shape index (κ2) is 15.7. The summed E-state index contributed by atoms with van der Waals surface area (Å²) in [6.45, 7) is 1.80. The Morgan fingerprint density at radius 2 is 1.55 bits per heavy atom. The molecule has 0 amide bonds. The molecule has 0 bridgehead atoms.